The van der Waals surface area contributed by atoms with Gasteiger partial charge >= 0.3 is 0 Å². The molecule has 0 saturated carbocycles. The van der Waals surface area contributed by atoms with Crippen molar-refractivity contribution in [3.8, 4) is 0 Å². The molecule has 1 fully saturated rings. The van der Waals surface area contributed by atoms with Crippen molar-refractivity contribution in [1.82, 2.24) is 10.6 Å². The zero-order chi connectivity index (χ0) is 13.9. The minimum Gasteiger partial charge on any atom is -0.356 e. The zero-order valence-corrected chi connectivity index (χ0v) is 12.8. The second-order valence-electron chi connectivity index (χ2n) is 5.90. The van der Waals surface area contributed by atoms with Gasteiger partial charge in [0.05, 0.1) is 5.92 Å². The monoisotopic (exact) mass is 268 g/mol. The minimum absolute atomic E-state index is 0.189. The lowest BCUT2D eigenvalue weighted by Gasteiger charge is -2.14. The van der Waals surface area contributed by atoms with Crippen LogP contribution in [0.25, 0.3) is 0 Å². The van der Waals surface area contributed by atoms with E-state index in [2.05, 4.69) is 24.5 Å². The van der Waals surface area contributed by atoms with Gasteiger partial charge in [0.2, 0.25) is 5.91 Å². The fourth-order valence-electron chi connectivity index (χ4n) is 2.82. The molecule has 1 rings (SSSR count). The lowest BCUT2D eigenvalue weighted by atomic mass is 10.0. The second-order valence-corrected chi connectivity index (χ2v) is 5.90. The first-order chi connectivity index (χ1) is 9.25. The molecule has 3 heteroatoms. The maximum atomic E-state index is 11.9. The molecule has 2 unspecified atom stereocenters. The largest absolute Gasteiger partial charge is 0.356 e. The third kappa shape index (κ3) is 6.95. The van der Waals surface area contributed by atoms with E-state index in [4.69, 9.17) is 0 Å². The van der Waals surface area contributed by atoms with Crippen molar-refractivity contribution >= 4 is 5.91 Å². The van der Waals surface area contributed by atoms with E-state index in [-0.39, 0.29) is 11.8 Å². The Balaban J connectivity index is 1.89. The van der Waals surface area contributed by atoms with Gasteiger partial charge in [0.15, 0.2) is 0 Å². The third-order valence-electron chi connectivity index (χ3n) is 4.19. The average Bonchev–Trinajstić information content (AvgIpc) is 2.83. The predicted molar refractivity (Wildman–Crippen MR) is 81.2 cm³/mol. The Hall–Kier alpha value is -0.570. The molecule has 1 aliphatic rings. The summed E-state index contributed by atoms with van der Waals surface area (Å²) >= 11 is 0. The minimum atomic E-state index is 0.189. The number of carbonyl (C=O) groups excluding carboxylic acids is 1. The summed E-state index contributed by atoms with van der Waals surface area (Å²) in [6.07, 6.45) is 11.5. The fourth-order valence-corrected chi connectivity index (χ4v) is 2.82. The highest BCUT2D eigenvalue weighted by atomic mass is 16.1. The van der Waals surface area contributed by atoms with Crippen LogP contribution >= 0.6 is 0 Å². The molecule has 0 bridgehead atoms. The third-order valence-corrected chi connectivity index (χ3v) is 4.19. The summed E-state index contributed by atoms with van der Waals surface area (Å²) in [7, 11) is 0. The van der Waals surface area contributed by atoms with Crippen molar-refractivity contribution < 1.29 is 4.79 Å². The number of hydrogen-bond acceptors (Lipinski definition) is 2. The van der Waals surface area contributed by atoms with E-state index in [0.29, 0.717) is 6.04 Å². The molecule has 2 atom stereocenters. The van der Waals surface area contributed by atoms with E-state index in [1.165, 1.54) is 44.9 Å². The Morgan fingerprint density at radius 2 is 1.74 bits per heavy atom. The molecule has 2 N–H and O–H groups in total. The van der Waals surface area contributed by atoms with Crippen molar-refractivity contribution in [3.63, 3.8) is 0 Å². The maximum absolute atomic E-state index is 11.9. The summed E-state index contributed by atoms with van der Waals surface area (Å²) in [4.78, 5) is 11.9. The summed E-state index contributed by atoms with van der Waals surface area (Å²) in [6, 6.07) is 0.346. The number of hydrogen-bond donors (Lipinski definition) is 2. The van der Waals surface area contributed by atoms with Crippen LogP contribution in [0.15, 0.2) is 0 Å². The summed E-state index contributed by atoms with van der Waals surface area (Å²) in [5, 5.41) is 6.41. The van der Waals surface area contributed by atoms with Crippen LogP contribution in [-0.2, 0) is 4.79 Å². The van der Waals surface area contributed by atoms with Gasteiger partial charge in [0, 0.05) is 12.6 Å². The molecule has 0 spiro atoms. The fraction of sp³-hybridized carbons (Fsp3) is 0.938. The van der Waals surface area contributed by atoms with Gasteiger partial charge in [0.1, 0.15) is 0 Å². The highest BCUT2D eigenvalue weighted by Crippen LogP contribution is 2.15. The van der Waals surface area contributed by atoms with Crippen molar-refractivity contribution in [2.45, 2.75) is 77.7 Å². The lowest BCUT2D eigenvalue weighted by molar-refractivity contribution is -0.125. The average molecular weight is 268 g/mol. The Labute approximate surface area is 118 Å². The summed E-state index contributed by atoms with van der Waals surface area (Å²) in [5.41, 5.74) is 0. The van der Waals surface area contributed by atoms with Crippen LogP contribution in [0, 0.1) is 5.92 Å². The standard InChI is InChI=1S/C16H32N2O/c1-3-4-5-6-7-8-9-10-12-18-16(19)15-11-13-17-14(15)2/h14-15,17H,3-13H2,1-2H3,(H,18,19). The normalized spacial score (nSPS) is 22.6. The van der Waals surface area contributed by atoms with E-state index in [0.717, 1.165) is 25.9 Å². The number of unbranched alkanes of at least 4 members (excludes halogenated alkanes) is 7. The molecule has 0 aromatic carbocycles. The number of nitrogens with one attached hydrogen (secondary N) is 2. The van der Waals surface area contributed by atoms with Crippen molar-refractivity contribution in [1.29, 1.82) is 0 Å². The van der Waals surface area contributed by atoms with Gasteiger partial charge in [-0.3, -0.25) is 4.79 Å². The Morgan fingerprint density at radius 1 is 1.11 bits per heavy atom. The number of amides is 1. The van der Waals surface area contributed by atoms with Gasteiger partial charge in [-0.25, -0.2) is 0 Å². The van der Waals surface area contributed by atoms with E-state index >= 15 is 0 Å². The molecule has 0 aliphatic carbocycles. The van der Waals surface area contributed by atoms with Gasteiger partial charge in [-0.15, -0.1) is 0 Å². The summed E-state index contributed by atoms with van der Waals surface area (Å²) in [6.45, 7) is 6.20. The summed E-state index contributed by atoms with van der Waals surface area (Å²) in [5.74, 6) is 0.439. The highest BCUT2D eigenvalue weighted by molar-refractivity contribution is 5.79. The molecule has 1 heterocycles. The Bertz CT molecular complexity index is 243. The smallest absolute Gasteiger partial charge is 0.224 e. The van der Waals surface area contributed by atoms with E-state index in [9.17, 15) is 4.79 Å². The van der Waals surface area contributed by atoms with Crippen LogP contribution in [0.4, 0.5) is 0 Å². The van der Waals surface area contributed by atoms with Crippen LogP contribution in [0.2, 0.25) is 0 Å². The first-order valence-corrected chi connectivity index (χ1v) is 8.26. The molecule has 112 valence electrons. The molecule has 0 radical (unpaired) electrons. The topological polar surface area (TPSA) is 41.1 Å². The lowest BCUT2D eigenvalue weighted by Crippen LogP contribution is -2.37. The van der Waals surface area contributed by atoms with Gasteiger partial charge in [-0.1, -0.05) is 51.9 Å². The molecule has 1 aliphatic heterocycles. The van der Waals surface area contributed by atoms with Gasteiger partial charge in [-0.2, -0.15) is 0 Å². The SMILES string of the molecule is CCCCCCCCCCNC(=O)C1CCNC1C. The quantitative estimate of drug-likeness (QED) is 0.597. The Kier molecular flexibility index (Phi) is 8.89. The zero-order valence-electron chi connectivity index (χ0n) is 12.8. The van der Waals surface area contributed by atoms with Crippen LogP contribution < -0.4 is 10.6 Å². The molecule has 0 aromatic heterocycles. The molecule has 19 heavy (non-hydrogen) atoms. The highest BCUT2D eigenvalue weighted by Gasteiger charge is 2.28. The molecular formula is C16H32N2O. The second kappa shape index (κ2) is 10.2. The van der Waals surface area contributed by atoms with E-state index in [1.807, 2.05) is 0 Å². The van der Waals surface area contributed by atoms with Crippen LogP contribution in [0.5, 0.6) is 0 Å². The number of carbonyl (C=O) groups is 1. The first-order valence-electron chi connectivity index (χ1n) is 8.26. The van der Waals surface area contributed by atoms with E-state index < -0.39 is 0 Å². The molecule has 1 amide bonds. The predicted octanol–water partition coefficient (Wildman–Crippen LogP) is 3.24. The maximum Gasteiger partial charge on any atom is 0.224 e. The molecule has 1 saturated heterocycles. The van der Waals surface area contributed by atoms with E-state index in [1.54, 1.807) is 0 Å². The number of rotatable bonds is 10. The summed E-state index contributed by atoms with van der Waals surface area (Å²) < 4.78 is 0. The van der Waals surface area contributed by atoms with Crippen LogP contribution in [0.1, 0.15) is 71.6 Å². The van der Waals surface area contributed by atoms with Crippen molar-refractivity contribution in [3.05, 3.63) is 0 Å². The van der Waals surface area contributed by atoms with Gasteiger partial charge in [-0.05, 0) is 26.3 Å². The first kappa shape index (κ1) is 16.5. The van der Waals surface area contributed by atoms with Crippen LogP contribution in [0.3, 0.4) is 0 Å². The molecule has 3 nitrogen and oxygen atoms in total. The van der Waals surface area contributed by atoms with Gasteiger partial charge < -0.3 is 10.6 Å². The molecule has 0 aromatic rings. The Morgan fingerprint density at radius 3 is 2.32 bits per heavy atom. The van der Waals surface area contributed by atoms with Crippen LogP contribution in [-0.4, -0.2) is 25.0 Å². The van der Waals surface area contributed by atoms with Crippen molar-refractivity contribution in [2.24, 2.45) is 5.92 Å². The van der Waals surface area contributed by atoms with Gasteiger partial charge in [0.25, 0.3) is 0 Å². The molecular weight excluding hydrogens is 236 g/mol. The van der Waals surface area contributed by atoms with Crippen molar-refractivity contribution in [2.75, 3.05) is 13.1 Å².